The van der Waals surface area contributed by atoms with Gasteiger partial charge in [0.2, 0.25) is 11.8 Å². The van der Waals surface area contributed by atoms with E-state index in [2.05, 4.69) is 123 Å². The molecule has 10 rings (SSSR count). The molecule has 0 radical (unpaired) electrons. The molecule has 51 heavy (non-hydrogen) atoms. The molecule has 2 aromatic heterocycles. The van der Waals surface area contributed by atoms with Crippen molar-refractivity contribution in [3.8, 4) is 67.4 Å². The Morgan fingerprint density at radius 2 is 0.824 bits per heavy atom. The highest BCUT2D eigenvalue weighted by Gasteiger charge is 2.35. The maximum absolute atomic E-state index is 6.17. The predicted octanol–water partition coefficient (Wildman–Crippen LogP) is 12.6. The number of benzene rings is 7. The summed E-state index contributed by atoms with van der Waals surface area (Å²) in [6.45, 7) is 4.66. The zero-order valence-corrected chi connectivity index (χ0v) is 28.2. The summed E-state index contributed by atoms with van der Waals surface area (Å²) in [4.78, 5) is 9.57. The van der Waals surface area contributed by atoms with E-state index in [1.165, 1.54) is 27.8 Å². The number of hydrogen-bond acceptors (Lipinski definition) is 4. The van der Waals surface area contributed by atoms with E-state index >= 15 is 0 Å². The van der Waals surface area contributed by atoms with Gasteiger partial charge in [0.15, 0.2) is 11.2 Å². The molecule has 0 unspecified atom stereocenters. The van der Waals surface area contributed by atoms with Crippen LogP contribution in [0.2, 0.25) is 0 Å². The molecule has 0 spiro atoms. The van der Waals surface area contributed by atoms with Gasteiger partial charge < -0.3 is 8.83 Å². The second-order valence-corrected chi connectivity index (χ2v) is 13.9. The number of hydrogen-bond donors (Lipinski definition) is 0. The number of rotatable bonds is 5. The van der Waals surface area contributed by atoms with Crippen LogP contribution in [-0.4, -0.2) is 9.97 Å². The van der Waals surface area contributed by atoms with Crippen molar-refractivity contribution < 1.29 is 8.83 Å². The van der Waals surface area contributed by atoms with E-state index in [0.29, 0.717) is 11.8 Å². The van der Waals surface area contributed by atoms with Crippen molar-refractivity contribution in [1.82, 2.24) is 9.97 Å². The van der Waals surface area contributed by atoms with Crippen LogP contribution in [0.3, 0.4) is 0 Å². The highest BCUT2D eigenvalue weighted by Crippen LogP contribution is 2.50. The Morgan fingerprint density at radius 1 is 0.373 bits per heavy atom. The topological polar surface area (TPSA) is 52.1 Å². The zero-order chi connectivity index (χ0) is 34.1. The van der Waals surface area contributed by atoms with Crippen LogP contribution in [0.1, 0.15) is 25.0 Å². The molecule has 0 saturated carbocycles. The SMILES string of the molecule is CC1(C)c2ccccc2-c2ccc(-c3cc(-c4cccc(-c5nc6ccccc6o5)c4)cc(-c4cccc(-c5nc6ccccc6o5)c4)c3)cc21. The number of oxazole rings is 2. The molecule has 4 nitrogen and oxygen atoms in total. The lowest BCUT2D eigenvalue weighted by Crippen LogP contribution is -2.14. The van der Waals surface area contributed by atoms with Crippen molar-refractivity contribution in [2.75, 3.05) is 0 Å². The summed E-state index contributed by atoms with van der Waals surface area (Å²) in [5.74, 6) is 1.22. The molecule has 0 amide bonds. The van der Waals surface area contributed by atoms with Gasteiger partial charge in [0.1, 0.15) is 11.0 Å². The van der Waals surface area contributed by atoms with Crippen LogP contribution in [0.15, 0.2) is 167 Å². The molecule has 0 atom stereocenters. The van der Waals surface area contributed by atoms with Crippen LogP contribution in [0.25, 0.3) is 89.6 Å². The Kier molecular flexibility index (Phi) is 6.49. The monoisotopic (exact) mass is 656 g/mol. The standard InChI is InChI=1S/C47H32N2O2/c1-47(2)39-16-4-3-15-37(39)38-22-21-31(28-40(38)47)36-26-34(29-11-9-13-32(23-29)45-48-41-17-5-7-19-43(41)50-45)25-35(27-36)30-12-10-14-33(24-30)46-49-42-18-6-8-20-44(42)51-46/h3-28H,1-2H3. The van der Waals surface area contributed by atoms with Crippen molar-refractivity contribution in [1.29, 1.82) is 0 Å². The first-order valence-corrected chi connectivity index (χ1v) is 17.3. The lowest BCUT2D eigenvalue weighted by molar-refractivity contribution is 0.619. The number of para-hydroxylation sites is 4. The fourth-order valence-electron chi connectivity index (χ4n) is 7.67. The number of fused-ring (bicyclic) bond motifs is 5. The van der Waals surface area contributed by atoms with E-state index in [9.17, 15) is 0 Å². The van der Waals surface area contributed by atoms with Crippen molar-refractivity contribution in [3.63, 3.8) is 0 Å². The zero-order valence-electron chi connectivity index (χ0n) is 28.2. The number of aromatic nitrogens is 2. The van der Waals surface area contributed by atoms with E-state index in [0.717, 1.165) is 61.1 Å². The first kappa shape index (κ1) is 29.4. The molecular formula is C47H32N2O2. The van der Waals surface area contributed by atoms with Gasteiger partial charge in [-0.3, -0.25) is 0 Å². The Morgan fingerprint density at radius 3 is 1.39 bits per heavy atom. The largest absolute Gasteiger partial charge is 0.436 e. The fraction of sp³-hybridized carbons (Fsp3) is 0.0638. The average molecular weight is 657 g/mol. The van der Waals surface area contributed by atoms with Crippen LogP contribution >= 0.6 is 0 Å². The second kappa shape index (κ2) is 11.3. The maximum Gasteiger partial charge on any atom is 0.227 e. The van der Waals surface area contributed by atoms with Gasteiger partial charge in [-0.25, -0.2) is 9.97 Å². The summed E-state index contributed by atoms with van der Waals surface area (Å²) in [6, 6.07) is 55.3. The van der Waals surface area contributed by atoms with Gasteiger partial charge >= 0.3 is 0 Å². The molecule has 7 aromatic carbocycles. The Labute approximate surface area is 295 Å². The van der Waals surface area contributed by atoms with E-state index < -0.39 is 0 Å². The third-order valence-electron chi connectivity index (χ3n) is 10.3. The van der Waals surface area contributed by atoms with Gasteiger partial charge in [-0.15, -0.1) is 0 Å². The van der Waals surface area contributed by atoms with Crippen LogP contribution in [0.5, 0.6) is 0 Å². The normalized spacial score (nSPS) is 13.1. The third-order valence-corrected chi connectivity index (χ3v) is 10.3. The summed E-state index contributed by atoms with van der Waals surface area (Å²) in [6.07, 6.45) is 0. The molecule has 242 valence electrons. The van der Waals surface area contributed by atoms with Crippen molar-refractivity contribution in [2.45, 2.75) is 19.3 Å². The molecule has 0 fully saturated rings. The molecule has 4 heteroatoms. The summed E-state index contributed by atoms with van der Waals surface area (Å²) in [7, 11) is 0. The summed E-state index contributed by atoms with van der Waals surface area (Å²) >= 11 is 0. The average Bonchev–Trinajstić information content (AvgIpc) is 3.88. The van der Waals surface area contributed by atoms with Crippen LogP contribution in [0, 0.1) is 0 Å². The van der Waals surface area contributed by atoms with E-state index in [-0.39, 0.29) is 5.41 Å². The quantitative estimate of drug-likeness (QED) is 0.185. The maximum atomic E-state index is 6.17. The van der Waals surface area contributed by atoms with Crippen molar-refractivity contribution in [3.05, 3.63) is 169 Å². The lowest BCUT2D eigenvalue weighted by Gasteiger charge is -2.22. The van der Waals surface area contributed by atoms with Gasteiger partial charge in [-0.2, -0.15) is 0 Å². The van der Waals surface area contributed by atoms with E-state index in [1.807, 2.05) is 48.5 Å². The van der Waals surface area contributed by atoms with E-state index in [4.69, 9.17) is 18.8 Å². The highest BCUT2D eigenvalue weighted by molar-refractivity contribution is 5.88. The smallest absolute Gasteiger partial charge is 0.227 e. The van der Waals surface area contributed by atoms with E-state index in [1.54, 1.807) is 0 Å². The first-order chi connectivity index (χ1) is 25.0. The van der Waals surface area contributed by atoms with Crippen molar-refractivity contribution >= 4 is 22.2 Å². The Balaban J connectivity index is 1.13. The summed E-state index contributed by atoms with van der Waals surface area (Å²) < 4.78 is 12.3. The predicted molar refractivity (Wildman–Crippen MR) is 206 cm³/mol. The molecule has 1 aliphatic rings. The first-order valence-electron chi connectivity index (χ1n) is 17.3. The van der Waals surface area contributed by atoms with Crippen LogP contribution < -0.4 is 0 Å². The third kappa shape index (κ3) is 4.91. The molecule has 0 bridgehead atoms. The highest BCUT2D eigenvalue weighted by atomic mass is 16.4. The van der Waals surface area contributed by atoms with Gasteiger partial charge in [0.25, 0.3) is 0 Å². The number of nitrogens with zero attached hydrogens (tertiary/aromatic N) is 2. The fourth-order valence-corrected chi connectivity index (χ4v) is 7.67. The molecule has 0 N–H and O–H groups in total. The molecule has 1 aliphatic carbocycles. The van der Waals surface area contributed by atoms with Gasteiger partial charge in [-0.05, 0) is 128 Å². The summed E-state index contributed by atoms with van der Waals surface area (Å²) in [5.41, 5.74) is 17.1. The van der Waals surface area contributed by atoms with Gasteiger partial charge in [0, 0.05) is 16.5 Å². The molecule has 0 saturated heterocycles. The van der Waals surface area contributed by atoms with Crippen LogP contribution in [-0.2, 0) is 5.41 Å². The van der Waals surface area contributed by atoms with Crippen molar-refractivity contribution in [2.24, 2.45) is 0 Å². The Hall–Kier alpha value is -6.52. The Bertz CT molecular complexity index is 2600. The second-order valence-electron chi connectivity index (χ2n) is 13.9. The molecule has 2 heterocycles. The lowest BCUT2D eigenvalue weighted by atomic mass is 9.81. The summed E-state index contributed by atoms with van der Waals surface area (Å²) in [5, 5.41) is 0. The minimum Gasteiger partial charge on any atom is -0.436 e. The molecular weight excluding hydrogens is 625 g/mol. The minimum atomic E-state index is -0.0931. The minimum absolute atomic E-state index is 0.0931. The van der Waals surface area contributed by atoms with Crippen LogP contribution in [0.4, 0.5) is 0 Å². The molecule has 9 aromatic rings. The molecule has 0 aliphatic heterocycles. The van der Waals surface area contributed by atoms with Gasteiger partial charge in [0.05, 0.1) is 0 Å². The van der Waals surface area contributed by atoms with Gasteiger partial charge in [-0.1, -0.05) is 98.8 Å².